The predicted molar refractivity (Wildman–Crippen MR) is 49.6 cm³/mol. The highest BCUT2D eigenvalue weighted by atomic mass is 16.4. The van der Waals surface area contributed by atoms with Gasteiger partial charge in [-0.15, -0.1) is 0 Å². The minimum atomic E-state index is 0.00227. The van der Waals surface area contributed by atoms with Gasteiger partial charge in [0.2, 0.25) is 0 Å². The van der Waals surface area contributed by atoms with Gasteiger partial charge in [-0.05, 0) is 24.1 Å². The minimum Gasteiger partial charge on any atom is -0.409 e. The molecule has 4 heteroatoms. The lowest BCUT2D eigenvalue weighted by Gasteiger charge is -2.04. The molecule has 0 radical (unpaired) electrons. The number of rotatable bonds is 2. The Kier molecular flexibility index (Phi) is 2.87. The number of hydrogen-bond donors (Lipinski definition) is 3. The smallest absolute Gasteiger partial charge is 0.170 e. The molecule has 13 heavy (non-hydrogen) atoms. The number of amidine groups is 1. The van der Waals surface area contributed by atoms with E-state index in [2.05, 4.69) is 5.16 Å². The molecule has 1 aromatic rings. The van der Waals surface area contributed by atoms with Crippen molar-refractivity contribution < 1.29 is 10.3 Å². The van der Waals surface area contributed by atoms with Crippen molar-refractivity contribution in [2.24, 2.45) is 10.9 Å². The van der Waals surface area contributed by atoms with Crippen LogP contribution in [-0.4, -0.2) is 16.1 Å². The summed E-state index contributed by atoms with van der Waals surface area (Å²) in [5.74, 6) is 0.0765. The van der Waals surface area contributed by atoms with Crippen LogP contribution in [0, 0.1) is 6.92 Å². The van der Waals surface area contributed by atoms with E-state index >= 15 is 0 Å². The fraction of sp³-hybridized carbons (Fsp3) is 0.222. The van der Waals surface area contributed by atoms with Crippen molar-refractivity contribution in [3.63, 3.8) is 0 Å². The first kappa shape index (κ1) is 9.54. The molecule has 0 aromatic heterocycles. The van der Waals surface area contributed by atoms with Gasteiger partial charge < -0.3 is 16.0 Å². The molecule has 0 bridgehead atoms. The second-order valence-electron chi connectivity index (χ2n) is 2.78. The van der Waals surface area contributed by atoms with Crippen LogP contribution in [0.15, 0.2) is 23.4 Å². The van der Waals surface area contributed by atoms with Crippen LogP contribution in [0.4, 0.5) is 0 Å². The van der Waals surface area contributed by atoms with Gasteiger partial charge in [0.05, 0.1) is 6.61 Å². The van der Waals surface area contributed by atoms with Crippen molar-refractivity contribution in [2.75, 3.05) is 0 Å². The standard InChI is InChI=1S/C9H12N2O2/c1-6-4-7(9(10)11-13)2-3-8(6)5-12/h2-4,12-13H,5H2,1H3,(H2,10,11). The van der Waals surface area contributed by atoms with E-state index in [4.69, 9.17) is 16.0 Å². The third kappa shape index (κ3) is 1.97. The summed E-state index contributed by atoms with van der Waals surface area (Å²) in [6.45, 7) is 1.86. The molecule has 0 saturated carbocycles. The molecule has 1 rings (SSSR count). The van der Waals surface area contributed by atoms with Gasteiger partial charge in [-0.3, -0.25) is 0 Å². The van der Waals surface area contributed by atoms with Crippen molar-refractivity contribution in [2.45, 2.75) is 13.5 Å². The second-order valence-corrected chi connectivity index (χ2v) is 2.78. The maximum absolute atomic E-state index is 8.89. The van der Waals surface area contributed by atoms with Crippen molar-refractivity contribution in [1.82, 2.24) is 0 Å². The molecular weight excluding hydrogens is 168 g/mol. The molecule has 0 unspecified atom stereocenters. The molecule has 70 valence electrons. The van der Waals surface area contributed by atoms with Crippen LogP contribution in [0.3, 0.4) is 0 Å². The normalized spacial score (nSPS) is 11.7. The molecule has 0 spiro atoms. The molecule has 0 aliphatic rings. The second kappa shape index (κ2) is 3.91. The van der Waals surface area contributed by atoms with Gasteiger partial charge in [0.15, 0.2) is 5.84 Å². The summed E-state index contributed by atoms with van der Waals surface area (Å²) in [4.78, 5) is 0. The highest BCUT2D eigenvalue weighted by Crippen LogP contribution is 2.10. The number of aliphatic hydroxyl groups excluding tert-OH is 1. The first-order valence-electron chi connectivity index (χ1n) is 3.87. The van der Waals surface area contributed by atoms with Gasteiger partial charge in [0.1, 0.15) is 0 Å². The third-order valence-electron chi connectivity index (χ3n) is 1.92. The van der Waals surface area contributed by atoms with Crippen molar-refractivity contribution in [3.8, 4) is 0 Å². The van der Waals surface area contributed by atoms with Gasteiger partial charge in [-0.1, -0.05) is 17.3 Å². The van der Waals surface area contributed by atoms with Crippen molar-refractivity contribution in [3.05, 3.63) is 34.9 Å². The Balaban J connectivity index is 3.10. The van der Waals surface area contributed by atoms with Gasteiger partial charge in [0.25, 0.3) is 0 Å². The fourth-order valence-corrected chi connectivity index (χ4v) is 1.09. The van der Waals surface area contributed by atoms with Crippen LogP contribution in [0.5, 0.6) is 0 Å². The summed E-state index contributed by atoms with van der Waals surface area (Å²) in [5, 5.41) is 20.2. The summed E-state index contributed by atoms with van der Waals surface area (Å²) >= 11 is 0. The maximum Gasteiger partial charge on any atom is 0.170 e. The van der Waals surface area contributed by atoms with E-state index in [1.165, 1.54) is 0 Å². The van der Waals surface area contributed by atoms with E-state index in [1.807, 2.05) is 6.92 Å². The number of aryl methyl sites for hydroxylation is 1. The van der Waals surface area contributed by atoms with Gasteiger partial charge in [-0.25, -0.2) is 0 Å². The van der Waals surface area contributed by atoms with Gasteiger partial charge >= 0.3 is 0 Å². The summed E-state index contributed by atoms with van der Waals surface area (Å²) in [6, 6.07) is 5.22. The van der Waals surface area contributed by atoms with E-state index in [9.17, 15) is 0 Å². The average Bonchev–Trinajstić information content (AvgIpc) is 2.16. The van der Waals surface area contributed by atoms with Gasteiger partial charge in [0, 0.05) is 5.56 Å². The zero-order valence-corrected chi connectivity index (χ0v) is 7.36. The lowest BCUT2D eigenvalue weighted by molar-refractivity contribution is 0.281. The molecule has 0 amide bonds. The van der Waals surface area contributed by atoms with Crippen LogP contribution < -0.4 is 5.73 Å². The fourth-order valence-electron chi connectivity index (χ4n) is 1.09. The first-order chi connectivity index (χ1) is 6.19. The van der Waals surface area contributed by atoms with Crippen molar-refractivity contribution >= 4 is 5.84 Å². The van der Waals surface area contributed by atoms with Crippen LogP contribution in [0.2, 0.25) is 0 Å². The maximum atomic E-state index is 8.89. The Morgan fingerprint density at radius 1 is 1.54 bits per heavy atom. The largest absolute Gasteiger partial charge is 0.409 e. The van der Waals surface area contributed by atoms with E-state index in [1.54, 1.807) is 18.2 Å². The molecule has 4 nitrogen and oxygen atoms in total. The number of benzene rings is 1. The average molecular weight is 180 g/mol. The molecule has 1 aromatic carbocycles. The Hall–Kier alpha value is -1.55. The molecular formula is C9H12N2O2. The van der Waals surface area contributed by atoms with E-state index in [0.29, 0.717) is 5.56 Å². The van der Waals surface area contributed by atoms with Crippen LogP contribution in [0.1, 0.15) is 16.7 Å². The Morgan fingerprint density at radius 3 is 2.69 bits per heavy atom. The van der Waals surface area contributed by atoms with Crippen LogP contribution in [0.25, 0.3) is 0 Å². The first-order valence-corrected chi connectivity index (χ1v) is 3.87. The quantitative estimate of drug-likeness (QED) is 0.269. The zero-order valence-electron chi connectivity index (χ0n) is 7.36. The highest BCUT2D eigenvalue weighted by Gasteiger charge is 2.01. The summed E-state index contributed by atoms with van der Waals surface area (Å²) in [6.07, 6.45) is 0. The predicted octanol–water partition coefficient (Wildman–Crippen LogP) is 0.582. The summed E-state index contributed by atoms with van der Waals surface area (Å²) in [7, 11) is 0. The molecule has 0 fully saturated rings. The highest BCUT2D eigenvalue weighted by molar-refractivity contribution is 5.97. The number of hydrogen-bond acceptors (Lipinski definition) is 3. The van der Waals surface area contributed by atoms with Crippen molar-refractivity contribution in [1.29, 1.82) is 0 Å². The molecule has 0 atom stereocenters. The Morgan fingerprint density at radius 2 is 2.23 bits per heavy atom. The lowest BCUT2D eigenvalue weighted by atomic mass is 10.1. The number of aliphatic hydroxyl groups is 1. The molecule has 4 N–H and O–H groups in total. The number of oxime groups is 1. The van der Waals surface area contributed by atoms with Crippen LogP contribution in [-0.2, 0) is 6.61 Å². The summed E-state index contributed by atoms with van der Waals surface area (Å²) < 4.78 is 0. The Bertz CT molecular complexity index is 334. The zero-order chi connectivity index (χ0) is 9.84. The topological polar surface area (TPSA) is 78.8 Å². The van der Waals surface area contributed by atoms with Gasteiger partial charge in [-0.2, -0.15) is 0 Å². The van der Waals surface area contributed by atoms with Crippen LogP contribution >= 0.6 is 0 Å². The van der Waals surface area contributed by atoms with E-state index in [0.717, 1.165) is 11.1 Å². The number of nitrogens with two attached hydrogens (primary N) is 1. The monoisotopic (exact) mass is 180 g/mol. The number of nitrogens with zero attached hydrogens (tertiary/aromatic N) is 1. The molecule has 0 saturated heterocycles. The molecule has 0 aliphatic carbocycles. The molecule has 0 heterocycles. The molecule has 0 aliphatic heterocycles. The Labute approximate surface area is 76.3 Å². The third-order valence-corrected chi connectivity index (χ3v) is 1.92. The SMILES string of the molecule is Cc1cc(/C(N)=N/O)ccc1CO. The minimum absolute atomic E-state index is 0.00227. The summed E-state index contributed by atoms with van der Waals surface area (Å²) in [5.41, 5.74) is 7.81. The van der Waals surface area contributed by atoms with E-state index < -0.39 is 0 Å². The van der Waals surface area contributed by atoms with E-state index in [-0.39, 0.29) is 12.4 Å². The lowest BCUT2D eigenvalue weighted by Crippen LogP contribution is -2.13.